The highest BCUT2D eigenvalue weighted by atomic mass is 19.1. The first-order valence-corrected chi connectivity index (χ1v) is 9.48. The van der Waals surface area contributed by atoms with Gasteiger partial charge in [0.2, 0.25) is 0 Å². The molecule has 0 aliphatic rings. The van der Waals surface area contributed by atoms with Gasteiger partial charge in [-0.3, -0.25) is 0 Å². The fraction of sp³-hybridized carbons (Fsp3) is 0.208. The molecular formula is C24H24FN3. The van der Waals surface area contributed by atoms with E-state index in [0.29, 0.717) is 6.54 Å². The summed E-state index contributed by atoms with van der Waals surface area (Å²) in [6.07, 6.45) is 1.87. The number of rotatable bonds is 5. The van der Waals surface area contributed by atoms with Crippen LogP contribution in [0, 0.1) is 19.7 Å². The Bertz CT molecular complexity index is 1100. The van der Waals surface area contributed by atoms with E-state index in [-0.39, 0.29) is 5.82 Å². The predicted molar refractivity (Wildman–Crippen MR) is 113 cm³/mol. The van der Waals surface area contributed by atoms with Gasteiger partial charge in [-0.2, -0.15) is 0 Å². The Morgan fingerprint density at radius 1 is 0.893 bits per heavy atom. The SMILES string of the molecule is Cc1c(C)n(C)c2ccnc(N(Cc3ccccc3)Cc3ccc(F)cc3)c12. The van der Waals surface area contributed by atoms with Crippen LogP contribution in [0.4, 0.5) is 10.2 Å². The van der Waals surface area contributed by atoms with E-state index in [1.807, 2.05) is 24.4 Å². The van der Waals surface area contributed by atoms with E-state index in [0.717, 1.165) is 17.9 Å². The number of anilines is 1. The highest BCUT2D eigenvalue weighted by molar-refractivity contribution is 5.94. The molecule has 2 aromatic carbocycles. The Morgan fingerprint density at radius 3 is 2.21 bits per heavy atom. The number of aromatic nitrogens is 2. The molecule has 142 valence electrons. The van der Waals surface area contributed by atoms with Crippen molar-refractivity contribution in [3.8, 4) is 0 Å². The minimum Gasteiger partial charge on any atom is -0.348 e. The van der Waals surface area contributed by atoms with Gasteiger partial charge < -0.3 is 9.47 Å². The highest BCUT2D eigenvalue weighted by Gasteiger charge is 2.18. The Morgan fingerprint density at radius 2 is 1.54 bits per heavy atom. The van der Waals surface area contributed by atoms with Gasteiger partial charge in [-0.15, -0.1) is 0 Å². The zero-order valence-corrected chi connectivity index (χ0v) is 16.5. The monoisotopic (exact) mass is 373 g/mol. The quantitative estimate of drug-likeness (QED) is 0.458. The lowest BCUT2D eigenvalue weighted by Gasteiger charge is -2.25. The van der Waals surface area contributed by atoms with Crippen molar-refractivity contribution in [3.63, 3.8) is 0 Å². The third kappa shape index (κ3) is 3.38. The third-order valence-corrected chi connectivity index (χ3v) is 5.49. The van der Waals surface area contributed by atoms with Crippen molar-refractivity contribution in [2.24, 2.45) is 7.05 Å². The molecule has 4 rings (SSSR count). The second kappa shape index (κ2) is 7.47. The van der Waals surface area contributed by atoms with Gasteiger partial charge in [0.1, 0.15) is 11.6 Å². The molecule has 0 unspecified atom stereocenters. The van der Waals surface area contributed by atoms with Crippen molar-refractivity contribution in [1.82, 2.24) is 9.55 Å². The second-order valence-corrected chi connectivity index (χ2v) is 7.27. The molecule has 0 saturated heterocycles. The maximum Gasteiger partial charge on any atom is 0.138 e. The summed E-state index contributed by atoms with van der Waals surface area (Å²) in [4.78, 5) is 7.05. The van der Waals surface area contributed by atoms with Gasteiger partial charge in [0.05, 0.1) is 5.52 Å². The number of pyridine rings is 1. The average molecular weight is 373 g/mol. The molecule has 0 N–H and O–H groups in total. The zero-order chi connectivity index (χ0) is 19.7. The Hall–Kier alpha value is -3.14. The average Bonchev–Trinajstić information content (AvgIpc) is 2.94. The number of nitrogens with zero attached hydrogens (tertiary/aromatic N) is 3. The maximum absolute atomic E-state index is 13.4. The zero-order valence-electron chi connectivity index (χ0n) is 16.5. The normalized spacial score (nSPS) is 11.1. The van der Waals surface area contributed by atoms with Gasteiger partial charge >= 0.3 is 0 Å². The first-order chi connectivity index (χ1) is 13.5. The van der Waals surface area contributed by atoms with Crippen LogP contribution >= 0.6 is 0 Å². The van der Waals surface area contributed by atoms with Crippen molar-refractivity contribution in [2.75, 3.05) is 4.90 Å². The largest absolute Gasteiger partial charge is 0.348 e. The molecule has 0 aliphatic carbocycles. The molecule has 0 atom stereocenters. The molecule has 4 aromatic rings. The van der Waals surface area contributed by atoms with Crippen LogP contribution in [0.25, 0.3) is 10.9 Å². The second-order valence-electron chi connectivity index (χ2n) is 7.27. The Balaban J connectivity index is 1.82. The summed E-state index contributed by atoms with van der Waals surface area (Å²) in [6.45, 7) is 5.69. The smallest absolute Gasteiger partial charge is 0.138 e. The van der Waals surface area contributed by atoms with E-state index < -0.39 is 0 Å². The van der Waals surface area contributed by atoms with Crippen molar-refractivity contribution in [1.29, 1.82) is 0 Å². The molecule has 3 nitrogen and oxygen atoms in total. The van der Waals surface area contributed by atoms with E-state index in [1.165, 1.54) is 39.9 Å². The summed E-state index contributed by atoms with van der Waals surface area (Å²) in [5.74, 6) is 0.750. The summed E-state index contributed by atoms with van der Waals surface area (Å²) in [5.41, 5.74) is 5.94. The van der Waals surface area contributed by atoms with Crippen LogP contribution in [0.1, 0.15) is 22.4 Å². The van der Waals surface area contributed by atoms with Crippen molar-refractivity contribution in [2.45, 2.75) is 26.9 Å². The molecular weight excluding hydrogens is 349 g/mol. The first kappa shape index (κ1) is 18.2. The van der Waals surface area contributed by atoms with Gasteiger partial charge in [-0.25, -0.2) is 9.37 Å². The van der Waals surface area contributed by atoms with E-state index in [1.54, 1.807) is 0 Å². The number of hydrogen-bond acceptors (Lipinski definition) is 2. The minimum absolute atomic E-state index is 0.215. The van der Waals surface area contributed by atoms with Gasteiger partial charge in [0.15, 0.2) is 0 Å². The topological polar surface area (TPSA) is 21.1 Å². The van der Waals surface area contributed by atoms with Crippen LogP contribution in [0.2, 0.25) is 0 Å². The molecule has 4 heteroatoms. The van der Waals surface area contributed by atoms with Crippen LogP contribution in [0.5, 0.6) is 0 Å². The summed E-state index contributed by atoms with van der Waals surface area (Å²) in [5, 5.41) is 1.18. The molecule has 0 bridgehead atoms. The lowest BCUT2D eigenvalue weighted by molar-refractivity contribution is 0.626. The van der Waals surface area contributed by atoms with Gasteiger partial charge in [0, 0.05) is 37.4 Å². The van der Waals surface area contributed by atoms with Crippen LogP contribution < -0.4 is 4.90 Å². The summed E-state index contributed by atoms with van der Waals surface area (Å²) in [6, 6.07) is 19.2. The number of fused-ring (bicyclic) bond motifs is 1. The van der Waals surface area contributed by atoms with E-state index in [4.69, 9.17) is 4.98 Å². The minimum atomic E-state index is -0.215. The molecule has 0 fully saturated rings. The molecule has 0 saturated carbocycles. The fourth-order valence-electron chi connectivity index (χ4n) is 3.75. The van der Waals surface area contributed by atoms with Gasteiger partial charge in [-0.05, 0) is 48.7 Å². The molecule has 0 spiro atoms. The number of hydrogen-bond donors (Lipinski definition) is 0. The molecule has 0 aliphatic heterocycles. The Kier molecular flexibility index (Phi) is 4.86. The van der Waals surface area contributed by atoms with Crippen LogP contribution in [0.3, 0.4) is 0 Å². The molecule has 28 heavy (non-hydrogen) atoms. The maximum atomic E-state index is 13.4. The molecule has 2 heterocycles. The standard InChI is InChI=1S/C24H24FN3/c1-17-18(2)27(3)22-13-14-26-24(23(17)22)28(15-19-7-5-4-6-8-19)16-20-9-11-21(25)12-10-20/h4-14H,15-16H2,1-3H3. The van der Waals surface area contributed by atoms with Crippen molar-refractivity contribution >= 4 is 16.7 Å². The van der Waals surface area contributed by atoms with Crippen LogP contribution in [0.15, 0.2) is 66.9 Å². The lowest BCUT2D eigenvalue weighted by Crippen LogP contribution is -2.23. The molecule has 0 radical (unpaired) electrons. The first-order valence-electron chi connectivity index (χ1n) is 9.48. The van der Waals surface area contributed by atoms with Crippen LogP contribution in [-0.2, 0) is 20.1 Å². The van der Waals surface area contributed by atoms with Crippen molar-refractivity contribution in [3.05, 3.63) is 95.1 Å². The highest BCUT2D eigenvalue weighted by Crippen LogP contribution is 2.32. The molecule has 2 aromatic heterocycles. The number of halogens is 1. The van der Waals surface area contributed by atoms with Crippen molar-refractivity contribution < 1.29 is 4.39 Å². The number of aryl methyl sites for hydroxylation is 2. The lowest BCUT2D eigenvalue weighted by atomic mass is 10.1. The Labute approximate surface area is 165 Å². The van der Waals surface area contributed by atoms with E-state index in [9.17, 15) is 4.39 Å². The third-order valence-electron chi connectivity index (χ3n) is 5.49. The van der Waals surface area contributed by atoms with Gasteiger partial charge in [-0.1, -0.05) is 42.5 Å². The van der Waals surface area contributed by atoms with Crippen LogP contribution in [-0.4, -0.2) is 9.55 Å². The predicted octanol–water partition coefficient (Wildman–Crippen LogP) is 5.54. The van der Waals surface area contributed by atoms with E-state index >= 15 is 0 Å². The summed E-state index contributed by atoms with van der Waals surface area (Å²) in [7, 11) is 2.09. The van der Waals surface area contributed by atoms with E-state index in [2.05, 4.69) is 60.7 Å². The summed E-state index contributed by atoms with van der Waals surface area (Å²) < 4.78 is 15.6. The summed E-state index contributed by atoms with van der Waals surface area (Å²) >= 11 is 0. The van der Waals surface area contributed by atoms with Gasteiger partial charge in [0.25, 0.3) is 0 Å². The fourth-order valence-corrected chi connectivity index (χ4v) is 3.75. The molecule has 0 amide bonds. The number of benzene rings is 2.